The average Bonchev–Trinajstić information content (AvgIpc) is 2.45. The molecule has 0 aromatic carbocycles. The van der Waals surface area contributed by atoms with Gasteiger partial charge in [0.25, 0.3) is 0 Å². The molecule has 0 spiro atoms. The highest BCUT2D eigenvalue weighted by Crippen LogP contribution is 2.17. The van der Waals surface area contributed by atoms with E-state index < -0.39 is 31.1 Å². The number of nitrogens with one attached hydrogen (secondary N) is 1. The van der Waals surface area contributed by atoms with Crippen molar-refractivity contribution in [2.24, 2.45) is 0 Å². The summed E-state index contributed by atoms with van der Waals surface area (Å²) in [5.74, 6) is -1.62. The maximum Gasteiger partial charge on any atom is 0.304 e. The molecule has 1 saturated heterocycles. The van der Waals surface area contributed by atoms with Crippen molar-refractivity contribution in [3.8, 4) is 0 Å². The largest absolute Gasteiger partial charge is 0.481 e. The molecule has 1 aliphatic heterocycles. The molecule has 0 saturated carbocycles. The van der Waals surface area contributed by atoms with Crippen LogP contribution >= 0.6 is 0 Å². The third-order valence-corrected chi connectivity index (χ3v) is 6.14. The number of sulfone groups is 1. The third kappa shape index (κ3) is 3.72. The molecule has 0 bridgehead atoms. The van der Waals surface area contributed by atoms with Crippen LogP contribution in [-0.4, -0.2) is 51.2 Å². The zero-order chi connectivity index (χ0) is 12.4. The van der Waals surface area contributed by atoms with E-state index in [1.807, 2.05) is 0 Å². The number of carbonyl (C=O) groups is 1. The van der Waals surface area contributed by atoms with Crippen LogP contribution < -0.4 is 4.72 Å². The van der Waals surface area contributed by atoms with Crippen LogP contribution in [0.15, 0.2) is 0 Å². The van der Waals surface area contributed by atoms with Crippen molar-refractivity contribution in [1.82, 2.24) is 4.72 Å². The van der Waals surface area contributed by atoms with E-state index in [4.69, 9.17) is 5.11 Å². The summed E-state index contributed by atoms with van der Waals surface area (Å²) in [6, 6.07) is 0. The predicted molar refractivity (Wildman–Crippen MR) is 56.2 cm³/mol. The number of sulfonamides is 1. The SMILES string of the molecule is O=C(O)CCNS(=O)(=O)C1CCS(=O)(=O)C1. The highest BCUT2D eigenvalue weighted by Gasteiger charge is 2.36. The Morgan fingerprint density at radius 3 is 2.50 bits per heavy atom. The summed E-state index contributed by atoms with van der Waals surface area (Å²) in [6.07, 6.45) is -0.247. The van der Waals surface area contributed by atoms with Crippen molar-refractivity contribution >= 4 is 25.8 Å². The van der Waals surface area contributed by atoms with Gasteiger partial charge in [0, 0.05) is 6.54 Å². The van der Waals surface area contributed by atoms with Gasteiger partial charge in [-0.15, -0.1) is 0 Å². The molecule has 0 aromatic heterocycles. The topological polar surface area (TPSA) is 118 Å². The molecule has 1 unspecified atom stereocenters. The lowest BCUT2D eigenvalue weighted by Crippen LogP contribution is -2.36. The molecule has 0 aliphatic carbocycles. The van der Waals surface area contributed by atoms with E-state index >= 15 is 0 Å². The van der Waals surface area contributed by atoms with Gasteiger partial charge in [-0.3, -0.25) is 4.79 Å². The van der Waals surface area contributed by atoms with Gasteiger partial charge < -0.3 is 5.11 Å². The van der Waals surface area contributed by atoms with E-state index in [0.717, 1.165) is 0 Å². The minimum atomic E-state index is -3.72. The third-order valence-electron chi connectivity index (χ3n) is 2.27. The van der Waals surface area contributed by atoms with Crippen molar-refractivity contribution in [3.63, 3.8) is 0 Å². The molecular weight excluding hydrogens is 258 g/mol. The lowest BCUT2D eigenvalue weighted by molar-refractivity contribution is -0.136. The summed E-state index contributed by atoms with van der Waals surface area (Å²) in [5, 5.41) is 7.38. The molecule has 1 fully saturated rings. The Morgan fingerprint density at radius 1 is 1.44 bits per heavy atom. The maximum absolute atomic E-state index is 11.5. The Labute approximate surface area is 93.8 Å². The summed E-state index contributed by atoms with van der Waals surface area (Å²) >= 11 is 0. The van der Waals surface area contributed by atoms with Gasteiger partial charge in [0.1, 0.15) is 0 Å². The first-order valence-electron chi connectivity index (χ1n) is 4.64. The molecule has 0 radical (unpaired) electrons. The molecule has 16 heavy (non-hydrogen) atoms. The van der Waals surface area contributed by atoms with Crippen molar-refractivity contribution in [1.29, 1.82) is 0 Å². The molecular formula is C7H13NO6S2. The van der Waals surface area contributed by atoms with Crippen molar-refractivity contribution in [3.05, 3.63) is 0 Å². The smallest absolute Gasteiger partial charge is 0.304 e. The summed E-state index contributed by atoms with van der Waals surface area (Å²) in [7, 11) is -6.97. The van der Waals surface area contributed by atoms with Crippen LogP contribution in [-0.2, 0) is 24.7 Å². The van der Waals surface area contributed by atoms with Crippen LogP contribution in [0.2, 0.25) is 0 Å². The first-order valence-corrected chi connectivity index (χ1v) is 8.00. The highest BCUT2D eigenvalue weighted by molar-refractivity contribution is 7.95. The van der Waals surface area contributed by atoms with Crippen LogP contribution in [0.1, 0.15) is 12.8 Å². The van der Waals surface area contributed by atoms with Gasteiger partial charge in [0.15, 0.2) is 9.84 Å². The van der Waals surface area contributed by atoms with Gasteiger partial charge in [-0.25, -0.2) is 21.6 Å². The zero-order valence-corrected chi connectivity index (χ0v) is 10.1. The number of carboxylic acid groups (broad SMARTS) is 1. The normalized spacial score (nSPS) is 24.4. The standard InChI is InChI=1S/C7H13NO6S2/c9-7(10)1-3-8-16(13,14)6-2-4-15(11,12)5-6/h6,8H,1-5H2,(H,9,10). The minimum absolute atomic E-state index is 0.0741. The summed E-state index contributed by atoms with van der Waals surface area (Å²) in [5.41, 5.74) is 0. The highest BCUT2D eigenvalue weighted by atomic mass is 32.2. The minimum Gasteiger partial charge on any atom is -0.481 e. The number of hydrogen-bond acceptors (Lipinski definition) is 5. The molecule has 0 aromatic rings. The first-order chi connectivity index (χ1) is 7.23. The average molecular weight is 271 g/mol. The van der Waals surface area contributed by atoms with E-state index in [2.05, 4.69) is 4.72 Å². The first kappa shape index (κ1) is 13.4. The monoisotopic (exact) mass is 271 g/mol. The molecule has 1 aliphatic rings. The van der Waals surface area contributed by atoms with Crippen LogP contribution in [0, 0.1) is 0 Å². The molecule has 7 nitrogen and oxygen atoms in total. The fourth-order valence-electron chi connectivity index (χ4n) is 1.42. The number of hydrogen-bond donors (Lipinski definition) is 2. The second-order valence-corrected chi connectivity index (χ2v) is 7.88. The summed E-state index contributed by atoms with van der Waals surface area (Å²) in [6.45, 7) is -0.214. The second kappa shape index (κ2) is 4.68. The molecule has 1 heterocycles. The fraction of sp³-hybridized carbons (Fsp3) is 0.857. The lowest BCUT2D eigenvalue weighted by Gasteiger charge is -2.10. The molecule has 94 valence electrons. The Bertz CT molecular complexity index is 465. The quantitative estimate of drug-likeness (QED) is 0.633. The summed E-state index contributed by atoms with van der Waals surface area (Å²) < 4.78 is 47.3. The van der Waals surface area contributed by atoms with E-state index in [1.54, 1.807) is 0 Å². The van der Waals surface area contributed by atoms with E-state index in [1.165, 1.54) is 0 Å². The van der Waals surface area contributed by atoms with Gasteiger partial charge in [-0.05, 0) is 6.42 Å². The molecule has 2 N–H and O–H groups in total. The van der Waals surface area contributed by atoms with Gasteiger partial charge >= 0.3 is 5.97 Å². The summed E-state index contributed by atoms with van der Waals surface area (Å²) in [4.78, 5) is 10.2. The molecule has 9 heteroatoms. The van der Waals surface area contributed by atoms with Crippen molar-refractivity contribution in [2.75, 3.05) is 18.1 Å². The van der Waals surface area contributed by atoms with Crippen LogP contribution in [0.4, 0.5) is 0 Å². The molecule has 0 amide bonds. The number of aliphatic carboxylic acids is 1. The Hall–Kier alpha value is -0.670. The zero-order valence-electron chi connectivity index (χ0n) is 8.42. The van der Waals surface area contributed by atoms with Gasteiger partial charge in [0.2, 0.25) is 10.0 Å². The Kier molecular flexibility index (Phi) is 3.92. The van der Waals surface area contributed by atoms with Crippen molar-refractivity contribution in [2.45, 2.75) is 18.1 Å². The van der Waals surface area contributed by atoms with Crippen LogP contribution in [0.3, 0.4) is 0 Å². The van der Waals surface area contributed by atoms with E-state index in [-0.39, 0.29) is 30.9 Å². The fourth-order valence-corrected chi connectivity index (χ4v) is 5.51. The second-order valence-electron chi connectivity index (χ2n) is 3.61. The number of rotatable bonds is 5. The number of carboxylic acids is 1. The maximum atomic E-state index is 11.5. The predicted octanol–water partition coefficient (Wildman–Crippen LogP) is -1.43. The van der Waals surface area contributed by atoms with Gasteiger partial charge in [-0.1, -0.05) is 0 Å². The van der Waals surface area contributed by atoms with Crippen LogP contribution in [0.5, 0.6) is 0 Å². The van der Waals surface area contributed by atoms with E-state index in [9.17, 15) is 21.6 Å². The molecule has 1 rings (SSSR count). The van der Waals surface area contributed by atoms with Gasteiger partial charge in [-0.2, -0.15) is 0 Å². The van der Waals surface area contributed by atoms with Crippen molar-refractivity contribution < 1.29 is 26.7 Å². The van der Waals surface area contributed by atoms with Gasteiger partial charge in [0.05, 0.1) is 23.2 Å². The Morgan fingerprint density at radius 2 is 2.06 bits per heavy atom. The molecule has 1 atom stereocenters. The Balaban J connectivity index is 2.56. The van der Waals surface area contributed by atoms with Crippen LogP contribution in [0.25, 0.3) is 0 Å². The van der Waals surface area contributed by atoms with E-state index in [0.29, 0.717) is 0 Å². The lowest BCUT2D eigenvalue weighted by atomic mass is 10.4.